The van der Waals surface area contributed by atoms with E-state index in [0.717, 1.165) is 6.20 Å². The van der Waals surface area contributed by atoms with Crippen LogP contribution >= 0.6 is 11.6 Å². The molecule has 1 N–H and O–H groups in total. The number of halogens is 1. The number of carbonyl (C=O) groups is 1. The van der Waals surface area contributed by atoms with Crippen LogP contribution in [0.25, 0.3) is 0 Å². The van der Waals surface area contributed by atoms with Crippen LogP contribution in [0.1, 0.15) is 17.3 Å². The molecule has 1 aromatic carbocycles. The van der Waals surface area contributed by atoms with Gasteiger partial charge in [0.2, 0.25) is 0 Å². The van der Waals surface area contributed by atoms with Gasteiger partial charge in [0.15, 0.2) is 6.20 Å². The quantitative estimate of drug-likeness (QED) is 0.535. The molecule has 0 fully saturated rings. The fraction of sp³-hybridized carbons (Fsp3) is 0.143. The zero-order chi connectivity index (χ0) is 14.5. The van der Waals surface area contributed by atoms with E-state index in [1.54, 1.807) is 24.3 Å². The van der Waals surface area contributed by atoms with E-state index >= 15 is 0 Å². The Morgan fingerprint density at radius 2 is 2.20 bits per heavy atom. The van der Waals surface area contributed by atoms with E-state index in [1.807, 2.05) is 6.92 Å². The van der Waals surface area contributed by atoms with Gasteiger partial charge in [-0.05, 0) is 36.7 Å². The molecule has 0 aliphatic carbocycles. The van der Waals surface area contributed by atoms with Gasteiger partial charge in [0.25, 0.3) is 11.1 Å². The largest absolute Gasteiger partial charge is 0.618 e. The van der Waals surface area contributed by atoms with Gasteiger partial charge in [-0.3, -0.25) is 4.79 Å². The fourth-order valence-corrected chi connectivity index (χ4v) is 1.74. The van der Waals surface area contributed by atoms with Crippen LogP contribution < -0.4 is 14.8 Å². The Morgan fingerprint density at radius 1 is 1.40 bits per heavy atom. The van der Waals surface area contributed by atoms with Crippen molar-refractivity contribution < 1.29 is 14.3 Å². The van der Waals surface area contributed by atoms with Gasteiger partial charge < -0.3 is 15.3 Å². The van der Waals surface area contributed by atoms with Crippen LogP contribution in [0.15, 0.2) is 42.6 Å². The Labute approximate surface area is 121 Å². The van der Waals surface area contributed by atoms with Crippen LogP contribution in [0.4, 0.5) is 5.69 Å². The second-order valence-corrected chi connectivity index (χ2v) is 4.37. The number of nitrogens with zero attached hydrogens (tertiary/aromatic N) is 1. The lowest BCUT2D eigenvalue weighted by molar-refractivity contribution is -0.603. The lowest BCUT2D eigenvalue weighted by Crippen LogP contribution is -2.29. The second kappa shape index (κ2) is 6.25. The van der Waals surface area contributed by atoms with E-state index in [-0.39, 0.29) is 16.6 Å². The minimum atomic E-state index is -0.389. The van der Waals surface area contributed by atoms with Crippen molar-refractivity contribution in [2.75, 3.05) is 11.9 Å². The molecule has 5 nitrogen and oxygen atoms in total. The van der Waals surface area contributed by atoms with Crippen molar-refractivity contribution in [1.29, 1.82) is 0 Å². The van der Waals surface area contributed by atoms with Gasteiger partial charge in [-0.25, -0.2) is 0 Å². The summed E-state index contributed by atoms with van der Waals surface area (Å²) >= 11 is 5.60. The summed E-state index contributed by atoms with van der Waals surface area (Å²) in [5.74, 6) is 0.278. The van der Waals surface area contributed by atoms with Crippen LogP contribution in [0, 0.1) is 5.21 Å². The minimum absolute atomic E-state index is 0.0138. The normalized spacial score (nSPS) is 10.1. The van der Waals surface area contributed by atoms with Crippen molar-refractivity contribution in [2.24, 2.45) is 0 Å². The highest BCUT2D eigenvalue weighted by Crippen LogP contribution is 2.18. The minimum Gasteiger partial charge on any atom is -0.618 e. The third-order valence-electron chi connectivity index (χ3n) is 2.53. The van der Waals surface area contributed by atoms with E-state index in [1.165, 1.54) is 12.1 Å². The standard InChI is InChI=1S/C14H13ClN2O3/c1-2-20-12-5-3-4-11(8-12)16-14(18)10-6-7-13(15)17(19)9-10/h3-9H,2H2,1H3,(H,16,18). The fourth-order valence-electron chi connectivity index (χ4n) is 1.63. The molecule has 0 aliphatic heterocycles. The maximum Gasteiger partial charge on any atom is 0.286 e. The highest BCUT2D eigenvalue weighted by atomic mass is 35.5. The van der Waals surface area contributed by atoms with Crippen molar-refractivity contribution in [3.05, 3.63) is 58.5 Å². The van der Waals surface area contributed by atoms with E-state index < -0.39 is 0 Å². The average molecular weight is 293 g/mol. The summed E-state index contributed by atoms with van der Waals surface area (Å²) in [6.07, 6.45) is 1.13. The van der Waals surface area contributed by atoms with Crippen molar-refractivity contribution in [1.82, 2.24) is 0 Å². The van der Waals surface area contributed by atoms with Crippen LogP contribution in [0.5, 0.6) is 5.75 Å². The summed E-state index contributed by atoms with van der Waals surface area (Å²) in [7, 11) is 0. The summed E-state index contributed by atoms with van der Waals surface area (Å²) in [5, 5.41) is 14.0. The van der Waals surface area contributed by atoms with Crippen LogP contribution in [-0.4, -0.2) is 12.5 Å². The Bertz CT molecular complexity index is 632. The van der Waals surface area contributed by atoms with Gasteiger partial charge in [0.1, 0.15) is 11.3 Å². The highest BCUT2D eigenvalue weighted by Gasteiger charge is 2.11. The third kappa shape index (κ3) is 3.39. The smallest absolute Gasteiger partial charge is 0.286 e. The number of anilines is 1. The zero-order valence-electron chi connectivity index (χ0n) is 10.8. The Morgan fingerprint density at radius 3 is 2.90 bits per heavy atom. The number of nitrogens with one attached hydrogen (secondary N) is 1. The van der Waals surface area contributed by atoms with Gasteiger partial charge in [-0.15, -0.1) is 0 Å². The molecule has 0 bridgehead atoms. The molecule has 2 rings (SSSR count). The van der Waals surface area contributed by atoms with Gasteiger partial charge in [-0.2, -0.15) is 4.73 Å². The maximum atomic E-state index is 12.0. The molecule has 2 aromatic rings. The first-order valence-electron chi connectivity index (χ1n) is 6.03. The van der Waals surface area contributed by atoms with Gasteiger partial charge >= 0.3 is 0 Å². The molecule has 0 saturated heterocycles. The molecule has 0 radical (unpaired) electrons. The number of carbonyl (C=O) groups excluding carboxylic acids is 1. The molecule has 1 aromatic heterocycles. The van der Waals surface area contributed by atoms with E-state index in [2.05, 4.69) is 5.32 Å². The van der Waals surface area contributed by atoms with E-state index in [0.29, 0.717) is 22.8 Å². The number of ether oxygens (including phenoxy) is 1. The molecule has 0 spiro atoms. The molecule has 0 aliphatic rings. The predicted molar refractivity (Wildman–Crippen MR) is 76.0 cm³/mol. The molecular formula is C14H13ClN2O3. The number of pyridine rings is 1. The van der Waals surface area contributed by atoms with Crippen LogP contribution in [0.2, 0.25) is 5.15 Å². The predicted octanol–water partition coefficient (Wildman–Crippen LogP) is 2.62. The second-order valence-electron chi connectivity index (χ2n) is 3.98. The van der Waals surface area contributed by atoms with Crippen LogP contribution in [0.3, 0.4) is 0 Å². The molecular weight excluding hydrogens is 280 g/mol. The summed E-state index contributed by atoms with van der Waals surface area (Å²) in [6, 6.07) is 9.88. The average Bonchev–Trinajstić information content (AvgIpc) is 2.42. The number of rotatable bonds is 4. The number of amides is 1. The topological polar surface area (TPSA) is 65.3 Å². The number of hydrogen-bond donors (Lipinski definition) is 1. The molecule has 1 heterocycles. The van der Waals surface area contributed by atoms with Gasteiger partial charge in [0, 0.05) is 17.8 Å². The first-order chi connectivity index (χ1) is 9.60. The highest BCUT2D eigenvalue weighted by molar-refractivity contribution is 6.28. The maximum absolute atomic E-state index is 12.0. The van der Waals surface area contributed by atoms with E-state index in [4.69, 9.17) is 16.3 Å². The third-order valence-corrected chi connectivity index (χ3v) is 2.82. The molecule has 104 valence electrons. The summed E-state index contributed by atoms with van der Waals surface area (Å²) in [5.41, 5.74) is 0.819. The summed E-state index contributed by atoms with van der Waals surface area (Å²) < 4.78 is 5.78. The van der Waals surface area contributed by atoms with Gasteiger partial charge in [-0.1, -0.05) is 6.07 Å². The van der Waals surface area contributed by atoms with Crippen molar-refractivity contribution in [3.63, 3.8) is 0 Å². The molecule has 6 heteroatoms. The first-order valence-corrected chi connectivity index (χ1v) is 6.41. The number of aromatic nitrogens is 1. The summed E-state index contributed by atoms with van der Waals surface area (Å²) in [4.78, 5) is 12.0. The summed E-state index contributed by atoms with van der Waals surface area (Å²) in [6.45, 7) is 2.43. The lowest BCUT2D eigenvalue weighted by Gasteiger charge is -2.08. The van der Waals surface area contributed by atoms with Gasteiger partial charge in [0.05, 0.1) is 6.61 Å². The van der Waals surface area contributed by atoms with Crippen molar-refractivity contribution in [2.45, 2.75) is 6.92 Å². The molecule has 0 atom stereocenters. The Balaban J connectivity index is 2.14. The zero-order valence-corrected chi connectivity index (χ0v) is 11.6. The number of benzene rings is 1. The van der Waals surface area contributed by atoms with Crippen molar-refractivity contribution in [3.8, 4) is 5.75 Å². The molecule has 1 amide bonds. The van der Waals surface area contributed by atoms with Crippen LogP contribution in [-0.2, 0) is 0 Å². The SMILES string of the molecule is CCOc1cccc(NC(=O)c2ccc(Cl)[n+]([O-])c2)c1. The first kappa shape index (κ1) is 14.1. The molecule has 0 saturated carbocycles. The Kier molecular flexibility index (Phi) is 4.42. The number of hydrogen-bond acceptors (Lipinski definition) is 3. The van der Waals surface area contributed by atoms with E-state index in [9.17, 15) is 10.0 Å². The molecule has 20 heavy (non-hydrogen) atoms. The lowest BCUT2D eigenvalue weighted by atomic mass is 10.2. The molecule has 0 unspecified atom stereocenters. The Hall–Kier alpha value is -2.27. The van der Waals surface area contributed by atoms with Crippen molar-refractivity contribution >= 4 is 23.2 Å². The monoisotopic (exact) mass is 292 g/mol.